The summed E-state index contributed by atoms with van der Waals surface area (Å²) in [6.07, 6.45) is 1.24. The third-order valence-electron chi connectivity index (χ3n) is 3.69. The van der Waals surface area contributed by atoms with E-state index in [0.29, 0.717) is 10.9 Å². The van der Waals surface area contributed by atoms with Crippen LogP contribution in [0, 0.1) is 0 Å². The second-order valence-corrected chi connectivity index (χ2v) is 5.42. The van der Waals surface area contributed by atoms with Gasteiger partial charge < -0.3 is 10.1 Å². The second kappa shape index (κ2) is 7.73. The van der Waals surface area contributed by atoms with Crippen molar-refractivity contribution in [2.45, 2.75) is 19.6 Å². The molecule has 1 heterocycles. The predicted octanol–water partition coefficient (Wildman–Crippen LogP) is 3.03. The molecule has 0 fully saturated rings. The van der Waals surface area contributed by atoms with Crippen molar-refractivity contribution in [2.75, 3.05) is 5.32 Å². The van der Waals surface area contributed by atoms with Gasteiger partial charge in [-0.25, -0.2) is 0 Å². The summed E-state index contributed by atoms with van der Waals surface area (Å²) in [6.45, 7) is -2.76. The van der Waals surface area contributed by atoms with Crippen LogP contribution in [0.2, 0.25) is 0 Å². The Bertz CT molecular complexity index is 989. The van der Waals surface area contributed by atoms with E-state index in [9.17, 15) is 18.4 Å². The van der Waals surface area contributed by atoms with Crippen molar-refractivity contribution >= 4 is 22.5 Å². The van der Waals surface area contributed by atoms with E-state index in [1.165, 1.54) is 24.4 Å². The van der Waals surface area contributed by atoms with Crippen molar-refractivity contribution in [1.29, 1.82) is 0 Å². The molecule has 0 aliphatic heterocycles. The second-order valence-electron chi connectivity index (χ2n) is 5.42. The monoisotopic (exact) mass is 359 g/mol. The van der Waals surface area contributed by atoms with Crippen molar-refractivity contribution in [3.63, 3.8) is 0 Å². The predicted molar refractivity (Wildman–Crippen MR) is 92.3 cm³/mol. The summed E-state index contributed by atoms with van der Waals surface area (Å²) in [5.41, 5.74) is 0.587. The molecule has 8 heteroatoms. The van der Waals surface area contributed by atoms with Crippen molar-refractivity contribution < 1.29 is 18.3 Å². The third-order valence-corrected chi connectivity index (χ3v) is 3.69. The molecule has 2 aromatic carbocycles. The number of para-hydroxylation sites is 3. The first-order valence-corrected chi connectivity index (χ1v) is 7.83. The van der Waals surface area contributed by atoms with Gasteiger partial charge in [-0.15, -0.1) is 0 Å². The van der Waals surface area contributed by atoms with Gasteiger partial charge in [-0.3, -0.25) is 14.3 Å². The van der Waals surface area contributed by atoms with E-state index < -0.39 is 6.61 Å². The van der Waals surface area contributed by atoms with Gasteiger partial charge in [-0.2, -0.15) is 13.9 Å². The van der Waals surface area contributed by atoms with E-state index in [1.807, 2.05) is 0 Å². The van der Waals surface area contributed by atoms with Gasteiger partial charge in [0.05, 0.1) is 23.9 Å². The fraction of sp³-hybridized carbons (Fsp3) is 0.167. The Hall–Kier alpha value is -3.29. The highest BCUT2D eigenvalue weighted by Gasteiger charge is 2.12. The lowest BCUT2D eigenvalue weighted by Gasteiger charge is -2.12. The van der Waals surface area contributed by atoms with Gasteiger partial charge in [0, 0.05) is 11.8 Å². The summed E-state index contributed by atoms with van der Waals surface area (Å²) in [5.74, 6) is -0.498. The maximum Gasteiger partial charge on any atom is 0.387 e. The lowest BCUT2D eigenvalue weighted by Crippen LogP contribution is -2.18. The molecule has 3 rings (SSSR count). The number of rotatable bonds is 6. The Morgan fingerprint density at radius 1 is 1.15 bits per heavy atom. The van der Waals surface area contributed by atoms with E-state index >= 15 is 0 Å². The molecule has 3 aromatic rings. The number of nitrogens with one attached hydrogen (secondary N) is 1. The fourth-order valence-electron chi connectivity index (χ4n) is 2.53. The van der Waals surface area contributed by atoms with Gasteiger partial charge in [0.25, 0.3) is 0 Å². The molecule has 26 heavy (non-hydrogen) atoms. The van der Waals surface area contributed by atoms with E-state index in [0.717, 1.165) is 0 Å². The molecule has 0 aliphatic rings. The number of hydrogen-bond acceptors (Lipinski definition) is 4. The smallest absolute Gasteiger partial charge is 0.387 e. The number of ether oxygens (including phenoxy) is 1. The van der Waals surface area contributed by atoms with Crippen LogP contribution in [0.3, 0.4) is 0 Å². The molecule has 0 atom stereocenters. The van der Waals surface area contributed by atoms with Crippen LogP contribution in [0.5, 0.6) is 5.75 Å². The highest BCUT2D eigenvalue weighted by molar-refractivity contribution is 5.92. The van der Waals surface area contributed by atoms with Gasteiger partial charge in [0.2, 0.25) is 11.3 Å². The quantitative estimate of drug-likeness (QED) is 0.734. The average Bonchev–Trinajstić information content (AvgIpc) is 2.63. The van der Waals surface area contributed by atoms with Gasteiger partial charge in [0.15, 0.2) is 0 Å². The summed E-state index contributed by atoms with van der Waals surface area (Å²) in [7, 11) is 0. The minimum Gasteiger partial charge on any atom is -0.433 e. The van der Waals surface area contributed by atoms with Gasteiger partial charge in [0.1, 0.15) is 5.75 Å². The number of aromatic nitrogens is 2. The molecule has 134 valence electrons. The van der Waals surface area contributed by atoms with Gasteiger partial charge >= 0.3 is 6.61 Å². The minimum atomic E-state index is -2.98. The Morgan fingerprint density at radius 3 is 2.69 bits per heavy atom. The maximum atomic E-state index is 12.4. The van der Waals surface area contributed by atoms with E-state index in [-0.39, 0.29) is 35.7 Å². The Morgan fingerprint density at radius 2 is 1.88 bits per heavy atom. The van der Waals surface area contributed by atoms with Crippen LogP contribution < -0.4 is 15.5 Å². The number of benzene rings is 2. The number of nitrogens with zero attached hydrogens (tertiary/aromatic N) is 2. The number of amides is 1. The van der Waals surface area contributed by atoms with Crippen LogP contribution in [0.1, 0.15) is 6.42 Å². The molecule has 0 saturated heterocycles. The number of alkyl halides is 2. The van der Waals surface area contributed by atoms with Gasteiger partial charge in [-0.1, -0.05) is 24.3 Å². The number of halogens is 2. The van der Waals surface area contributed by atoms with Crippen LogP contribution in [-0.4, -0.2) is 22.3 Å². The lowest BCUT2D eigenvalue weighted by atomic mass is 10.2. The molecule has 0 radical (unpaired) electrons. The minimum absolute atomic E-state index is 0.0445. The van der Waals surface area contributed by atoms with E-state index in [1.54, 1.807) is 35.0 Å². The summed E-state index contributed by atoms with van der Waals surface area (Å²) in [5, 5.41) is 7.10. The molecule has 6 nitrogen and oxygen atoms in total. The molecule has 1 amide bonds. The number of hydrogen-bond donors (Lipinski definition) is 1. The number of carbonyl (C=O) groups is 1. The summed E-state index contributed by atoms with van der Waals surface area (Å²) in [4.78, 5) is 24.0. The first-order valence-electron chi connectivity index (χ1n) is 7.83. The molecule has 0 spiro atoms. The van der Waals surface area contributed by atoms with Crippen LogP contribution >= 0.6 is 0 Å². The Balaban J connectivity index is 1.71. The Kier molecular flexibility index (Phi) is 5.21. The molecule has 1 aromatic heterocycles. The number of aryl methyl sites for hydroxylation is 1. The van der Waals surface area contributed by atoms with Crippen molar-refractivity contribution in [2.24, 2.45) is 0 Å². The first-order chi connectivity index (χ1) is 12.5. The zero-order chi connectivity index (χ0) is 18.5. The molecule has 0 saturated carbocycles. The SMILES string of the molecule is O=C(CCn1ncc(=O)c2ccccc21)Nc1ccccc1OC(F)F. The zero-order valence-corrected chi connectivity index (χ0v) is 13.6. The molecule has 0 unspecified atom stereocenters. The lowest BCUT2D eigenvalue weighted by molar-refractivity contribution is -0.116. The summed E-state index contributed by atoms with van der Waals surface area (Å²) in [6, 6.07) is 12.9. The molecular weight excluding hydrogens is 344 g/mol. The number of anilines is 1. The number of carbonyl (C=O) groups excluding carboxylic acids is 1. The largest absolute Gasteiger partial charge is 0.433 e. The third kappa shape index (κ3) is 4.02. The van der Waals surface area contributed by atoms with Crippen LogP contribution in [0.25, 0.3) is 10.9 Å². The topological polar surface area (TPSA) is 73.2 Å². The molecule has 0 bridgehead atoms. The standard InChI is InChI=1S/C18H15F2N3O3/c19-18(20)26-16-8-4-2-6-13(16)22-17(25)9-10-23-14-7-3-1-5-12(14)15(24)11-21-23/h1-8,11,18H,9-10H2,(H,22,25). The number of fused-ring (bicyclic) bond motifs is 1. The average molecular weight is 359 g/mol. The van der Waals surface area contributed by atoms with Crippen LogP contribution in [0.15, 0.2) is 59.5 Å². The molecule has 0 aliphatic carbocycles. The molecular formula is C18H15F2N3O3. The van der Waals surface area contributed by atoms with Crippen molar-refractivity contribution in [3.05, 3.63) is 65.0 Å². The maximum absolute atomic E-state index is 12.4. The molecule has 1 N–H and O–H groups in total. The highest BCUT2D eigenvalue weighted by atomic mass is 19.3. The fourth-order valence-corrected chi connectivity index (χ4v) is 2.53. The summed E-state index contributed by atoms with van der Waals surface area (Å²) < 4.78 is 30.8. The van der Waals surface area contributed by atoms with E-state index in [4.69, 9.17) is 0 Å². The van der Waals surface area contributed by atoms with E-state index in [2.05, 4.69) is 15.2 Å². The van der Waals surface area contributed by atoms with Crippen molar-refractivity contribution in [3.8, 4) is 5.75 Å². The van der Waals surface area contributed by atoms with Gasteiger partial charge in [-0.05, 0) is 24.3 Å². The van der Waals surface area contributed by atoms with Crippen LogP contribution in [-0.2, 0) is 11.3 Å². The summed E-state index contributed by atoms with van der Waals surface area (Å²) >= 11 is 0. The Labute approximate surface area is 147 Å². The zero-order valence-electron chi connectivity index (χ0n) is 13.6. The van der Waals surface area contributed by atoms with Crippen molar-refractivity contribution in [1.82, 2.24) is 9.78 Å². The van der Waals surface area contributed by atoms with Crippen LogP contribution in [0.4, 0.5) is 14.5 Å². The normalized spacial score (nSPS) is 10.9. The first kappa shape index (κ1) is 17.5. The highest BCUT2D eigenvalue weighted by Crippen LogP contribution is 2.25.